The van der Waals surface area contributed by atoms with Gasteiger partial charge in [0.1, 0.15) is 42.7 Å². The Balaban J connectivity index is 1.13. The van der Waals surface area contributed by atoms with Gasteiger partial charge in [-0.05, 0) is 18.7 Å². The number of aliphatic hydroxyl groups is 3. The fourth-order valence-electron chi connectivity index (χ4n) is 5.67. The normalized spacial score (nSPS) is 26.6. The highest BCUT2D eigenvalue weighted by Gasteiger charge is 2.49. The Bertz CT molecular complexity index is 2060. The molecule has 0 amide bonds. The van der Waals surface area contributed by atoms with Gasteiger partial charge in [-0.15, -0.1) is 0 Å². The zero-order valence-electron chi connectivity index (χ0n) is 26.4. The van der Waals surface area contributed by atoms with Crippen molar-refractivity contribution in [1.82, 2.24) is 34.1 Å². The zero-order valence-corrected chi connectivity index (χ0v) is 28.1. The molecular weight excluding hydrogens is 703 g/mol. The summed E-state index contributed by atoms with van der Waals surface area (Å²) >= 11 is 5.23. The van der Waals surface area contributed by atoms with Gasteiger partial charge in [0.15, 0.2) is 23.2 Å². The lowest BCUT2D eigenvalue weighted by molar-refractivity contribution is -0.0625. The van der Waals surface area contributed by atoms with Crippen LogP contribution in [0.4, 0.5) is 5.82 Å². The summed E-state index contributed by atoms with van der Waals surface area (Å²) in [5.41, 5.74) is 0.211. The number of aliphatic hydroxyl groups excluding tert-OH is 3. The first-order chi connectivity index (χ1) is 23.9. The molecule has 50 heavy (non-hydrogen) atoms. The molecule has 6 heterocycles. The third-order valence-electron chi connectivity index (χ3n) is 8.22. The number of nitrogens with zero attached hydrogens (tertiary/aromatic N) is 7. The Kier molecular flexibility index (Phi) is 10.6. The van der Waals surface area contributed by atoms with E-state index in [0.717, 1.165) is 10.6 Å². The quantitative estimate of drug-likeness (QED) is 0.0767. The molecule has 0 radical (unpaired) electrons. The molecule has 20 nitrogen and oxygen atoms in total. The first-order valence-corrected chi connectivity index (χ1v) is 17.6. The predicted octanol–water partition coefficient (Wildman–Crippen LogP) is -0.800. The van der Waals surface area contributed by atoms with Crippen molar-refractivity contribution in [3.8, 4) is 5.75 Å². The second kappa shape index (κ2) is 14.8. The van der Waals surface area contributed by atoms with Crippen molar-refractivity contribution in [3.63, 3.8) is 0 Å². The number of imidazole rings is 1. The molecule has 8 atom stereocenters. The Morgan fingerprint density at radius 3 is 2.68 bits per heavy atom. The Morgan fingerprint density at radius 2 is 1.96 bits per heavy atom. The van der Waals surface area contributed by atoms with E-state index in [1.54, 1.807) is 11.5 Å². The molecule has 6 rings (SSSR count). The molecule has 0 bridgehead atoms. The van der Waals surface area contributed by atoms with Gasteiger partial charge in [-0.3, -0.25) is 28.4 Å². The number of aryl methyl sites for hydroxylation is 1. The van der Waals surface area contributed by atoms with Crippen LogP contribution in [-0.4, -0.2) is 116 Å². The van der Waals surface area contributed by atoms with Gasteiger partial charge in [0.25, 0.3) is 5.56 Å². The van der Waals surface area contributed by atoms with Crippen LogP contribution in [0, 0.1) is 6.92 Å². The van der Waals surface area contributed by atoms with Crippen LogP contribution >= 0.6 is 6.72 Å². The standard InChI is InChI=1S/C28H33N8O12PS/c1-13-22(41)15(14(8-37)6-29-13)7-30-25-21-26(32-11-31-25)36(12-33-21)20-5-16(39)18(46-20)10-45-49(43,50)48-23-17(9-38)47-27(24(23)44-2)35-4-3-19(40)34-28(35)42/h3-4,6-7,11-12,16-18,20,23-24,27,37-39,41H,5,8-10H2,1-2H3,(H,43,50)(H,34,40,42)/t16-,17-,18-,20-,23+,24?,27-,49?/m1/s1. The molecule has 268 valence electrons. The first kappa shape index (κ1) is 35.9. The van der Waals surface area contributed by atoms with Gasteiger partial charge in [-0.25, -0.2) is 24.7 Å². The minimum absolute atomic E-state index is 0.0890. The van der Waals surface area contributed by atoms with Gasteiger partial charge in [0.05, 0.1) is 37.9 Å². The summed E-state index contributed by atoms with van der Waals surface area (Å²) in [6.45, 7) is -3.83. The Morgan fingerprint density at radius 1 is 1.16 bits per heavy atom. The maximum Gasteiger partial charge on any atom is 0.330 e. The maximum atomic E-state index is 12.4. The summed E-state index contributed by atoms with van der Waals surface area (Å²) in [4.78, 5) is 58.2. The molecule has 2 saturated heterocycles. The van der Waals surface area contributed by atoms with Crippen LogP contribution in [0.15, 0.2) is 45.7 Å². The number of aliphatic imine (C=N–C) groups is 1. The fraction of sp³-hybridized carbons (Fsp3) is 0.464. The van der Waals surface area contributed by atoms with Crippen molar-refractivity contribution in [2.45, 2.75) is 62.9 Å². The monoisotopic (exact) mass is 736 g/mol. The number of hydrogen-bond donors (Lipinski definition) is 6. The summed E-state index contributed by atoms with van der Waals surface area (Å²) in [7, 11) is 1.30. The minimum Gasteiger partial charge on any atom is -0.505 e. The number of ether oxygens (including phenoxy) is 3. The van der Waals surface area contributed by atoms with Crippen molar-refractivity contribution < 1.29 is 48.6 Å². The van der Waals surface area contributed by atoms with E-state index in [1.165, 1.54) is 38.4 Å². The van der Waals surface area contributed by atoms with Crippen molar-refractivity contribution in [2.75, 3.05) is 20.3 Å². The highest BCUT2D eigenvalue weighted by atomic mass is 32.5. The van der Waals surface area contributed by atoms with Gasteiger partial charge in [-0.2, -0.15) is 0 Å². The molecule has 4 aromatic rings. The number of aromatic amines is 1. The van der Waals surface area contributed by atoms with Gasteiger partial charge >= 0.3 is 12.4 Å². The topological polar surface area (TPSA) is 271 Å². The first-order valence-electron chi connectivity index (χ1n) is 15.0. The Hall–Kier alpha value is -3.86. The summed E-state index contributed by atoms with van der Waals surface area (Å²) in [6, 6.07) is 1.11. The van der Waals surface area contributed by atoms with E-state index in [1.807, 2.05) is 0 Å². The molecule has 0 aliphatic carbocycles. The molecule has 22 heteroatoms. The number of aromatic hydroxyl groups is 1. The van der Waals surface area contributed by atoms with Crippen molar-refractivity contribution in [1.29, 1.82) is 0 Å². The molecule has 6 N–H and O–H groups in total. The van der Waals surface area contributed by atoms with Crippen LogP contribution < -0.4 is 11.2 Å². The van der Waals surface area contributed by atoms with E-state index in [-0.39, 0.29) is 36.8 Å². The summed E-state index contributed by atoms with van der Waals surface area (Å²) in [6.07, 6.45) is -0.523. The maximum absolute atomic E-state index is 12.4. The average Bonchev–Trinajstić information content (AvgIpc) is 3.79. The number of aromatic nitrogens is 7. The highest BCUT2D eigenvalue weighted by molar-refractivity contribution is 8.07. The third kappa shape index (κ3) is 7.16. The molecule has 0 aromatic carbocycles. The minimum atomic E-state index is -4.10. The van der Waals surface area contributed by atoms with Gasteiger partial charge < -0.3 is 44.1 Å². The van der Waals surface area contributed by atoms with Crippen LogP contribution in [0.1, 0.15) is 35.7 Å². The molecular formula is C28H33N8O12PS. The second-order valence-corrected chi connectivity index (χ2v) is 14.1. The van der Waals surface area contributed by atoms with Crippen LogP contribution in [0.2, 0.25) is 0 Å². The summed E-state index contributed by atoms with van der Waals surface area (Å²) < 4.78 is 31.2. The van der Waals surface area contributed by atoms with Crippen molar-refractivity contribution in [2.24, 2.45) is 4.99 Å². The van der Waals surface area contributed by atoms with E-state index in [9.17, 15) is 34.9 Å². The van der Waals surface area contributed by atoms with Crippen LogP contribution in [0.3, 0.4) is 0 Å². The zero-order chi connectivity index (χ0) is 35.7. The Labute approximate surface area is 286 Å². The highest BCUT2D eigenvalue weighted by Crippen LogP contribution is 2.50. The summed E-state index contributed by atoms with van der Waals surface area (Å²) in [5, 5.41) is 40.9. The number of methoxy groups -OCH3 is 1. The molecule has 2 aliphatic rings. The van der Waals surface area contributed by atoms with E-state index in [2.05, 4.69) is 29.9 Å². The van der Waals surface area contributed by atoms with Crippen LogP contribution in [0.5, 0.6) is 5.75 Å². The van der Waals surface area contributed by atoms with Gasteiger partial charge in [0.2, 0.25) is 0 Å². The lowest BCUT2D eigenvalue weighted by atomic mass is 10.1. The molecule has 0 spiro atoms. The number of fused-ring (bicyclic) bond motifs is 1. The number of hydrogen-bond acceptors (Lipinski definition) is 17. The smallest absolute Gasteiger partial charge is 0.330 e. The van der Waals surface area contributed by atoms with Crippen molar-refractivity contribution >= 4 is 41.7 Å². The molecule has 2 fully saturated rings. The molecule has 2 unspecified atom stereocenters. The average molecular weight is 737 g/mol. The van der Waals surface area contributed by atoms with Crippen LogP contribution in [-0.2, 0) is 41.7 Å². The number of H-pyrrole nitrogens is 1. The summed E-state index contributed by atoms with van der Waals surface area (Å²) in [5.74, 6) is 0.0360. The lowest BCUT2D eigenvalue weighted by Crippen LogP contribution is -2.40. The van der Waals surface area contributed by atoms with Crippen LogP contribution in [0.25, 0.3) is 11.2 Å². The SMILES string of the molecule is COC1[C@@H](OP(O)(=S)OC[C@H]2O[C@@H](n3cnc4c(N=Cc5c(CO)cnc(C)c5O)ncnc43)C[C@H]2O)[C@@H](CO)O[C@H]1n1ccc(=O)[nH]c1=O. The van der Waals surface area contributed by atoms with Crippen molar-refractivity contribution in [3.05, 3.63) is 68.8 Å². The molecule has 4 aromatic heterocycles. The van der Waals surface area contributed by atoms with E-state index in [0.29, 0.717) is 22.4 Å². The van der Waals surface area contributed by atoms with Gasteiger partial charge in [-0.1, -0.05) is 0 Å². The molecule has 0 saturated carbocycles. The van der Waals surface area contributed by atoms with Gasteiger partial charge in [0, 0.05) is 49.3 Å². The number of pyridine rings is 1. The van der Waals surface area contributed by atoms with E-state index < -0.39 is 67.6 Å². The fourth-order valence-corrected chi connectivity index (χ4v) is 7.11. The van der Waals surface area contributed by atoms with E-state index in [4.69, 9.17) is 35.1 Å². The lowest BCUT2D eigenvalue weighted by Gasteiger charge is -2.27. The van der Waals surface area contributed by atoms with E-state index >= 15 is 0 Å². The largest absolute Gasteiger partial charge is 0.505 e. The number of nitrogens with one attached hydrogen (secondary N) is 1. The predicted molar refractivity (Wildman–Crippen MR) is 174 cm³/mol. The third-order valence-corrected chi connectivity index (χ3v) is 9.78. The second-order valence-electron chi connectivity index (χ2n) is 11.3. The molecule has 2 aliphatic heterocycles. The number of rotatable bonds is 12.